The van der Waals surface area contributed by atoms with E-state index in [1.54, 1.807) is 16.8 Å². The molecule has 8 heteroatoms. The SMILES string of the molecule is Cc1c(-c2nnc(CC3CCCCC3)o2)nn(-c2ccc(Cl)cc2Cl)c1-c1ccc(Cl)cc1. The van der Waals surface area contributed by atoms with Gasteiger partial charge in [0, 0.05) is 27.6 Å². The lowest BCUT2D eigenvalue weighted by molar-refractivity contribution is 0.330. The summed E-state index contributed by atoms with van der Waals surface area (Å²) in [6.07, 6.45) is 7.15. The van der Waals surface area contributed by atoms with E-state index in [1.807, 2.05) is 37.3 Å². The van der Waals surface area contributed by atoms with Gasteiger partial charge in [0.15, 0.2) is 5.69 Å². The van der Waals surface area contributed by atoms with Crippen LogP contribution in [0.4, 0.5) is 0 Å². The lowest BCUT2D eigenvalue weighted by Crippen LogP contribution is -2.09. The first kappa shape index (κ1) is 22.5. The van der Waals surface area contributed by atoms with Crippen molar-refractivity contribution in [2.45, 2.75) is 45.4 Å². The molecule has 2 aromatic carbocycles. The first-order valence-corrected chi connectivity index (χ1v) is 12.3. The van der Waals surface area contributed by atoms with Crippen LogP contribution in [-0.2, 0) is 6.42 Å². The molecule has 170 valence electrons. The molecule has 0 amide bonds. The molecule has 0 atom stereocenters. The summed E-state index contributed by atoms with van der Waals surface area (Å²) in [5.74, 6) is 1.70. The average Bonchev–Trinajstić information content (AvgIpc) is 3.39. The van der Waals surface area contributed by atoms with Crippen LogP contribution in [0.1, 0.15) is 43.6 Å². The molecule has 0 unspecified atom stereocenters. The van der Waals surface area contributed by atoms with Crippen molar-refractivity contribution in [2.24, 2.45) is 5.92 Å². The van der Waals surface area contributed by atoms with Crippen LogP contribution < -0.4 is 0 Å². The van der Waals surface area contributed by atoms with Crippen molar-refractivity contribution in [3.8, 4) is 28.5 Å². The van der Waals surface area contributed by atoms with Gasteiger partial charge in [0.2, 0.25) is 5.89 Å². The van der Waals surface area contributed by atoms with Crippen LogP contribution in [0, 0.1) is 12.8 Å². The normalized spacial score (nSPS) is 14.7. The van der Waals surface area contributed by atoms with Gasteiger partial charge in [-0.15, -0.1) is 10.2 Å². The first-order chi connectivity index (χ1) is 16.0. The summed E-state index contributed by atoms with van der Waals surface area (Å²) < 4.78 is 7.89. The number of aromatic nitrogens is 4. The molecule has 1 saturated carbocycles. The maximum absolute atomic E-state index is 6.55. The third-order valence-corrected chi connectivity index (χ3v) is 7.03. The van der Waals surface area contributed by atoms with Gasteiger partial charge in [-0.1, -0.05) is 66.2 Å². The van der Waals surface area contributed by atoms with E-state index in [4.69, 9.17) is 44.3 Å². The first-order valence-electron chi connectivity index (χ1n) is 11.1. The molecule has 0 spiro atoms. The Kier molecular flexibility index (Phi) is 6.46. The number of hydrogen-bond acceptors (Lipinski definition) is 4. The Hall–Kier alpha value is -2.34. The van der Waals surface area contributed by atoms with Crippen LogP contribution in [0.3, 0.4) is 0 Å². The van der Waals surface area contributed by atoms with Crippen molar-refractivity contribution in [1.82, 2.24) is 20.0 Å². The molecule has 0 N–H and O–H groups in total. The minimum Gasteiger partial charge on any atom is -0.419 e. The predicted molar refractivity (Wildman–Crippen MR) is 132 cm³/mol. The van der Waals surface area contributed by atoms with E-state index in [2.05, 4.69) is 10.2 Å². The van der Waals surface area contributed by atoms with E-state index in [-0.39, 0.29) is 0 Å². The molecule has 0 saturated heterocycles. The molecule has 5 nitrogen and oxygen atoms in total. The Morgan fingerprint density at radius 2 is 1.67 bits per heavy atom. The standard InChI is InChI=1S/C25H23Cl3N4O/c1-15-23(25-30-29-22(33-25)13-16-5-3-2-4-6-16)31-32(21-12-11-19(27)14-20(21)28)24(15)17-7-9-18(26)10-8-17/h7-12,14,16H,2-6,13H2,1H3. The maximum atomic E-state index is 6.55. The average molecular weight is 502 g/mol. The van der Waals surface area contributed by atoms with Gasteiger partial charge in [-0.2, -0.15) is 5.10 Å². The minimum absolute atomic E-state index is 0.414. The molecular weight excluding hydrogens is 479 g/mol. The van der Waals surface area contributed by atoms with Crippen LogP contribution in [0.5, 0.6) is 0 Å². The Bertz CT molecular complexity index is 1270. The second-order valence-electron chi connectivity index (χ2n) is 8.55. The topological polar surface area (TPSA) is 56.7 Å². The Balaban J connectivity index is 1.58. The molecule has 1 aliphatic rings. The predicted octanol–water partition coefficient (Wildman–Crippen LogP) is 7.98. The number of benzene rings is 2. The van der Waals surface area contributed by atoms with Crippen molar-refractivity contribution >= 4 is 34.8 Å². The highest BCUT2D eigenvalue weighted by atomic mass is 35.5. The molecular formula is C25H23Cl3N4O. The number of rotatable bonds is 5. The fourth-order valence-corrected chi connectivity index (χ4v) is 5.16. The van der Waals surface area contributed by atoms with Gasteiger partial charge in [-0.3, -0.25) is 0 Å². The van der Waals surface area contributed by atoms with E-state index in [9.17, 15) is 0 Å². The molecule has 33 heavy (non-hydrogen) atoms. The zero-order valence-electron chi connectivity index (χ0n) is 18.2. The number of hydrogen-bond donors (Lipinski definition) is 0. The smallest absolute Gasteiger partial charge is 0.268 e. The van der Waals surface area contributed by atoms with Gasteiger partial charge < -0.3 is 4.42 Å². The van der Waals surface area contributed by atoms with Gasteiger partial charge in [0.05, 0.1) is 16.4 Å². The molecule has 2 aromatic heterocycles. The van der Waals surface area contributed by atoms with Crippen LogP contribution >= 0.6 is 34.8 Å². The molecule has 1 fully saturated rings. The second kappa shape index (κ2) is 9.49. The summed E-state index contributed by atoms with van der Waals surface area (Å²) in [7, 11) is 0. The summed E-state index contributed by atoms with van der Waals surface area (Å²) in [6.45, 7) is 2.00. The van der Waals surface area contributed by atoms with Gasteiger partial charge in [-0.25, -0.2) is 4.68 Å². The zero-order chi connectivity index (χ0) is 22.9. The maximum Gasteiger partial charge on any atom is 0.268 e. The lowest BCUT2D eigenvalue weighted by atomic mass is 9.87. The molecule has 0 bridgehead atoms. The molecule has 0 radical (unpaired) electrons. The molecule has 4 aromatic rings. The third kappa shape index (κ3) is 4.68. The van der Waals surface area contributed by atoms with Crippen molar-refractivity contribution in [3.63, 3.8) is 0 Å². The summed E-state index contributed by atoms with van der Waals surface area (Å²) in [5.41, 5.74) is 4.08. The lowest BCUT2D eigenvalue weighted by Gasteiger charge is -2.19. The van der Waals surface area contributed by atoms with E-state index in [0.717, 1.165) is 23.2 Å². The van der Waals surface area contributed by atoms with E-state index < -0.39 is 0 Å². The van der Waals surface area contributed by atoms with Crippen molar-refractivity contribution in [2.75, 3.05) is 0 Å². The summed E-state index contributed by atoms with van der Waals surface area (Å²) in [6, 6.07) is 13.0. The quantitative estimate of drug-likeness (QED) is 0.278. The summed E-state index contributed by atoms with van der Waals surface area (Å²) >= 11 is 18.8. The van der Waals surface area contributed by atoms with E-state index in [1.165, 1.54) is 32.1 Å². The fraction of sp³-hybridized carbons (Fsp3) is 0.320. The van der Waals surface area contributed by atoms with Gasteiger partial charge in [-0.05, 0) is 56.0 Å². The number of halogens is 3. The molecule has 1 aliphatic carbocycles. The van der Waals surface area contributed by atoms with Gasteiger partial charge in [0.25, 0.3) is 5.89 Å². The monoisotopic (exact) mass is 500 g/mol. The molecule has 5 rings (SSSR count). The van der Waals surface area contributed by atoms with Crippen LogP contribution in [-0.4, -0.2) is 20.0 Å². The summed E-state index contributed by atoms with van der Waals surface area (Å²) in [4.78, 5) is 0. The molecule has 0 aliphatic heterocycles. The van der Waals surface area contributed by atoms with Crippen LogP contribution in [0.25, 0.3) is 28.5 Å². The van der Waals surface area contributed by atoms with Crippen molar-refractivity contribution in [1.29, 1.82) is 0 Å². The van der Waals surface area contributed by atoms with Crippen molar-refractivity contribution < 1.29 is 4.42 Å². The Morgan fingerprint density at radius 1 is 0.939 bits per heavy atom. The third-order valence-electron chi connectivity index (χ3n) is 6.24. The minimum atomic E-state index is 0.414. The Labute approximate surface area is 207 Å². The van der Waals surface area contributed by atoms with Crippen LogP contribution in [0.2, 0.25) is 15.1 Å². The second-order valence-corrected chi connectivity index (χ2v) is 9.83. The summed E-state index contributed by atoms with van der Waals surface area (Å²) in [5, 5.41) is 15.2. The van der Waals surface area contributed by atoms with E-state index in [0.29, 0.717) is 44.1 Å². The van der Waals surface area contributed by atoms with E-state index >= 15 is 0 Å². The highest BCUT2D eigenvalue weighted by Gasteiger charge is 2.24. The van der Waals surface area contributed by atoms with Crippen molar-refractivity contribution in [3.05, 3.63) is 69.0 Å². The highest BCUT2D eigenvalue weighted by molar-refractivity contribution is 6.35. The fourth-order valence-electron chi connectivity index (χ4n) is 4.54. The Morgan fingerprint density at radius 3 is 2.39 bits per heavy atom. The van der Waals surface area contributed by atoms with Crippen LogP contribution in [0.15, 0.2) is 46.9 Å². The molecule has 2 heterocycles. The largest absolute Gasteiger partial charge is 0.419 e. The van der Waals surface area contributed by atoms with Gasteiger partial charge in [0.1, 0.15) is 0 Å². The van der Waals surface area contributed by atoms with Gasteiger partial charge >= 0.3 is 0 Å². The zero-order valence-corrected chi connectivity index (χ0v) is 20.5. The highest BCUT2D eigenvalue weighted by Crippen LogP contribution is 2.36. The number of nitrogens with zero attached hydrogens (tertiary/aromatic N) is 4.